The number of hydrogen-bond acceptors (Lipinski definition) is 4. The van der Waals surface area contributed by atoms with Crippen molar-refractivity contribution in [3.05, 3.63) is 29.5 Å². The summed E-state index contributed by atoms with van der Waals surface area (Å²) in [5, 5.41) is 10.0. The summed E-state index contributed by atoms with van der Waals surface area (Å²) in [5.41, 5.74) is -1.29. The molecule has 1 N–H and O–H groups in total. The van der Waals surface area contributed by atoms with Crippen LogP contribution in [0.3, 0.4) is 0 Å². The Bertz CT molecular complexity index is 594. The lowest BCUT2D eigenvalue weighted by Gasteiger charge is -2.32. The molecule has 6 heteroatoms. The quantitative estimate of drug-likeness (QED) is 0.864. The fourth-order valence-corrected chi connectivity index (χ4v) is 2.31. The molecule has 0 saturated carbocycles. The summed E-state index contributed by atoms with van der Waals surface area (Å²) in [5.74, 6) is 0.340. The molecule has 1 fully saturated rings. The summed E-state index contributed by atoms with van der Waals surface area (Å²) >= 11 is 0. The van der Waals surface area contributed by atoms with Crippen LogP contribution in [-0.2, 0) is 9.31 Å². The van der Waals surface area contributed by atoms with Crippen molar-refractivity contribution in [2.24, 2.45) is 0 Å². The minimum atomic E-state index is -1.10. The van der Waals surface area contributed by atoms with Gasteiger partial charge >= 0.3 is 7.12 Å². The lowest BCUT2D eigenvalue weighted by atomic mass is 9.83. The van der Waals surface area contributed by atoms with Crippen LogP contribution in [0.15, 0.2) is 23.9 Å². The van der Waals surface area contributed by atoms with Gasteiger partial charge in [-0.2, -0.15) is 0 Å². The molecule has 120 valence electrons. The van der Waals surface area contributed by atoms with E-state index in [-0.39, 0.29) is 11.3 Å². The van der Waals surface area contributed by atoms with Gasteiger partial charge in [-0.25, -0.2) is 4.39 Å². The number of ether oxygens (including phenoxy) is 1. The van der Waals surface area contributed by atoms with Crippen LogP contribution in [0.1, 0.15) is 40.2 Å². The van der Waals surface area contributed by atoms with Gasteiger partial charge in [0.05, 0.1) is 23.9 Å². The Hall–Kier alpha value is -1.53. The Morgan fingerprint density at radius 3 is 2.23 bits per heavy atom. The van der Waals surface area contributed by atoms with Gasteiger partial charge in [0.15, 0.2) is 0 Å². The normalized spacial score (nSPS) is 20.8. The van der Waals surface area contributed by atoms with Crippen molar-refractivity contribution in [2.45, 2.75) is 45.8 Å². The Kier molecular flexibility index (Phi) is 4.28. The maximum atomic E-state index is 14.8. The molecule has 1 aromatic rings. The second-order valence-electron chi connectivity index (χ2n) is 6.42. The van der Waals surface area contributed by atoms with Crippen molar-refractivity contribution >= 4 is 12.7 Å². The molecule has 1 saturated heterocycles. The van der Waals surface area contributed by atoms with Crippen LogP contribution in [0.25, 0.3) is 5.57 Å². The zero-order valence-corrected chi connectivity index (χ0v) is 13.9. The standard InChI is InChI=1S/C16H22BFO4/c1-10(13-11(19)8-7-9-12(13)20-6)14(18)17-21-15(2,3)16(4,5)22-17/h7-9,19H,1-6H3. The summed E-state index contributed by atoms with van der Waals surface area (Å²) in [6.07, 6.45) is 0. The van der Waals surface area contributed by atoms with Crippen LogP contribution >= 0.6 is 0 Å². The summed E-state index contributed by atoms with van der Waals surface area (Å²) in [4.78, 5) is 0. The van der Waals surface area contributed by atoms with Gasteiger partial charge in [-0.3, -0.25) is 0 Å². The number of methoxy groups -OCH3 is 1. The molecule has 0 atom stereocenters. The molecule has 0 aliphatic carbocycles. The summed E-state index contributed by atoms with van der Waals surface area (Å²) in [6, 6.07) is 4.78. The SMILES string of the molecule is COc1cccc(O)c1C(C)=C(F)B1OC(C)(C)C(C)(C)O1. The third-order valence-electron chi connectivity index (χ3n) is 4.42. The molecule has 1 aromatic carbocycles. The van der Waals surface area contributed by atoms with E-state index in [1.165, 1.54) is 13.2 Å². The van der Waals surface area contributed by atoms with Gasteiger partial charge in [0.25, 0.3) is 0 Å². The van der Waals surface area contributed by atoms with Crippen molar-refractivity contribution in [3.63, 3.8) is 0 Å². The third kappa shape index (κ3) is 2.73. The average molecular weight is 308 g/mol. The predicted octanol–water partition coefficient (Wildman–Crippen LogP) is 3.73. The zero-order valence-electron chi connectivity index (χ0n) is 13.9. The van der Waals surface area contributed by atoms with Crippen molar-refractivity contribution in [3.8, 4) is 11.5 Å². The number of aromatic hydroxyl groups is 1. The van der Waals surface area contributed by atoms with E-state index in [4.69, 9.17) is 14.0 Å². The highest BCUT2D eigenvalue weighted by molar-refractivity contribution is 6.55. The maximum absolute atomic E-state index is 14.8. The lowest BCUT2D eigenvalue weighted by Crippen LogP contribution is -2.41. The van der Waals surface area contributed by atoms with Crippen molar-refractivity contribution < 1.29 is 23.5 Å². The topological polar surface area (TPSA) is 47.9 Å². The Balaban J connectivity index is 2.44. The van der Waals surface area contributed by atoms with Crippen molar-refractivity contribution in [1.29, 1.82) is 0 Å². The average Bonchev–Trinajstić information content (AvgIpc) is 2.65. The Morgan fingerprint density at radius 1 is 1.18 bits per heavy atom. The van der Waals surface area contributed by atoms with Crippen LogP contribution in [-0.4, -0.2) is 30.5 Å². The number of phenolic OH excluding ortho intramolecular Hbond substituents is 1. The first-order valence-electron chi connectivity index (χ1n) is 7.19. The number of benzene rings is 1. The first kappa shape index (κ1) is 16.8. The minimum Gasteiger partial charge on any atom is -0.507 e. The summed E-state index contributed by atoms with van der Waals surface area (Å²) in [7, 11) is 0.368. The van der Waals surface area contributed by atoms with Gasteiger partial charge in [-0.05, 0) is 52.3 Å². The van der Waals surface area contributed by atoms with E-state index in [1.807, 2.05) is 27.7 Å². The van der Waals surface area contributed by atoms with Gasteiger partial charge in [0.1, 0.15) is 17.2 Å². The van der Waals surface area contributed by atoms with Crippen molar-refractivity contribution in [2.75, 3.05) is 7.11 Å². The smallest absolute Gasteiger partial charge is 0.507 e. The molecule has 4 nitrogen and oxygen atoms in total. The minimum absolute atomic E-state index is 0.0523. The monoisotopic (exact) mass is 308 g/mol. The highest BCUT2D eigenvalue weighted by Crippen LogP contribution is 2.42. The third-order valence-corrected chi connectivity index (χ3v) is 4.42. The van der Waals surface area contributed by atoms with Crippen LogP contribution in [0.2, 0.25) is 0 Å². The highest BCUT2D eigenvalue weighted by Gasteiger charge is 2.53. The van der Waals surface area contributed by atoms with E-state index < -0.39 is 24.0 Å². The molecule has 0 radical (unpaired) electrons. The van der Waals surface area contributed by atoms with E-state index in [9.17, 15) is 9.50 Å². The van der Waals surface area contributed by atoms with E-state index in [2.05, 4.69) is 0 Å². The van der Waals surface area contributed by atoms with Gasteiger partial charge in [-0.15, -0.1) is 0 Å². The molecule has 0 bridgehead atoms. The number of allylic oxidation sites excluding steroid dienone is 1. The fourth-order valence-electron chi connectivity index (χ4n) is 2.31. The number of rotatable bonds is 3. The van der Waals surface area contributed by atoms with E-state index in [1.54, 1.807) is 19.1 Å². The Morgan fingerprint density at radius 2 is 1.73 bits per heavy atom. The zero-order chi connectivity index (χ0) is 16.7. The molecule has 0 spiro atoms. The van der Waals surface area contributed by atoms with Gasteiger partial charge in [-0.1, -0.05) is 6.07 Å². The van der Waals surface area contributed by atoms with E-state index in [0.717, 1.165) is 0 Å². The fraction of sp³-hybridized carbons (Fsp3) is 0.500. The van der Waals surface area contributed by atoms with Crippen LogP contribution < -0.4 is 4.74 Å². The molecule has 0 amide bonds. The molecule has 1 aliphatic rings. The molecule has 1 heterocycles. The lowest BCUT2D eigenvalue weighted by molar-refractivity contribution is 0.00578. The second kappa shape index (κ2) is 5.59. The molecule has 22 heavy (non-hydrogen) atoms. The van der Waals surface area contributed by atoms with Gasteiger partial charge in [0.2, 0.25) is 0 Å². The highest BCUT2D eigenvalue weighted by atomic mass is 19.1. The molecular weight excluding hydrogens is 286 g/mol. The van der Waals surface area contributed by atoms with Crippen LogP contribution in [0.4, 0.5) is 4.39 Å². The molecular formula is C16H22BFO4. The molecule has 0 unspecified atom stereocenters. The Labute approximate surface area is 131 Å². The van der Waals surface area contributed by atoms with Crippen LogP contribution in [0.5, 0.6) is 11.5 Å². The van der Waals surface area contributed by atoms with E-state index in [0.29, 0.717) is 11.3 Å². The van der Waals surface area contributed by atoms with Crippen LogP contribution in [0, 0.1) is 0 Å². The molecule has 1 aliphatic heterocycles. The van der Waals surface area contributed by atoms with Gasteiger partial charge < -0.3 is 19.2 Å². The summed E-state index contributed by atoms with van der Waals surface area (Å²) in [6.45, 7) is 9.00. The second-order valence-corrected chi connectivity index (χ2v) is 6.42. The molecule has 0 aromatic heterocycles. The summed E-state index contributed by atoms with van der Waals surface area (Å²) < 4.78 is 31.4. The van der Waals surface area contributed by atoms with Gasteiger partial charge in [0, 0.05) is 0 Å². The maximum Gasteiger partial charge on any atom is 0.525 e. The number of phenols is 1. The number of hydrogen-bond donors (Lipinski definition) is 1. The first-order chi connectivity index (χ1) is 10.1. The predicted molar refractivity (Wildman–Crippen MR) is 84.4 cm³/mol. The van der Waals surface area contributed by atoms with Crippen molar-refractivity contribution in [1.82, 2.24) is 0 Å². The number of halogens is 1. The largest absolute Gasteiger partial charge is 0.525 e. The van der Waals surface area contributed by atoms with E-state index >= 15 is 0 Å². The first-order valence-corrected chi connectivity index (χ1v) is 7.19. The molecule has 2 rings (SSSR count).